The van der Waals surface area contributed by atoms with E-state index in [1.54, 1.807) is 17.7 Å². The van der Waals surface area contributed by atoms with Gasteiger partial charge in [-0.1, -0.05) is 72.4 Å². The molecule has 0 aliphatic carbocycles. The molecule has 4 aromatic rings. The van der Waals surface area contributed by atoms with E-state index in [0.717, 1.165) is 52.4 Å². The van der Waals surface area contributed by atoms with E-state index in [-0.39, 0.29) is 11.9 Å². The number of nitrogens with zero attached hydrogens (tertiary/aromatic N) is 3. The average Bonchev–Trinajstić information content (AvgIpc) is 3.46. The molecule has 2 aromatic heterocycles. The zero-order valence-corrected chi connectivity index (χ0v) is 19.2. The summed E-state index contributed by atoms with van der Waals surface area (Å²) in [6.07, 6.45) is 2.58. The fourth-order valence-electron chi connectivity index (χ4n) is 4.13. The number of benzene rings is 2. The molecule has 1 atom stereocenters. The molecule has 1 N–H and O–H groups in total. The third-order valence-electron chi connectivity index (χ3n) is 5.65. The van der Waals surface area contributed by atoms with Crippen molar-refractivity contribution in [1.82, 2.24) is 20.2 Å². The summed E-state index contributed by atoms with van der Waals surface area (Å²) >= 11 is 3.10. The highest BCUT2D eigenvalue weighted by atomic mass is 32.2. The number of rotatable bonds is 7. The third kappa shape index (κ3) is 4.85. The van der Waals surface area contributed by atoms with Gasteiger partial charge in [-0.2, -0.15) is 0 Å². The topological polar surface area (TPSA) is 58.1 Å². The molecule has 1 fully saturated rings. The minimum atomic E-state index is 0.0600. The number of likely N-dealkylation sites (tertiary alicyclic amines) is 1. The number of aromatic nitrogens is 2. The molecule has 7 heteroatoms. The monoisotopic (exact) mass is 460 g/mol. The van der Waals surface area contributed by atoms with Crippen LogP contribution < -0.4 is 5.32 Å². The molecule has 2 aromatic carbocycles. The molecule has 0 saturated carbocycles. The van der Waals surface area contributed by atoms with E-state index in [2.05, 4.69) is 62.0 Å². The maximum atomic E-state index is 12.7. The highest BCUT2D eigenvalue weighted by molar-refractivity contribution is 8.00. The SMILES string of the molecule is O=C(CSc1ncnc2scc(-c3ccccc3)c12)N[C@@H]1CCN(Cc2ccccc2)C1. The van der Waals surface area contributed by atoms with Gasteiger partial charge in [0.1, 0.15) is 16.2 Å². The highest BCUT2D eigenvalue weighted by Crippen LogP contribution is 2.37. The van der Waals surface area contributed by atoms with Crippen molar-refractivity contribution in [3.05, 3.63) is 77.9 Å². The number of hydrogen-bond acceptors (Lipinski definition) is 6. The number of hydrogen-bond donors (Lipinski definition) is 1. The molecule has 0 spiro atoms. The fourth-order valence-corrected chi connectivity index (χ4v) is 5.93. The minimum absolute atomic E-state index is 0.0600. The molecular formula is C25H24N4OS2. The smallest absolute Gasteiger partial charge is 0.230 e. The largest absolute Gasteiger partial charge is 0.351 e. The Morgan fingerprint density at radius 3 is 2.69 bits per heavy atom. The summed E-state index contributed by atoms with van der Waals surface area (Å²) in [4.78, 5) is 25.0. The molecule has 5 nitrogen and oxygen atoms in total. The van der Waals surface area contributed by atoms with E-state index < -0.39 is 0 Å². The lowest BCUT2D eigenvalue weighted by Gasteiger charge is -2.16. The van der Waals surface area contributed by atoms with E-state index in [1.165, 1.54) is 17.3 Å². The zero-order valence-electron chi connectivity index (χ0n) is 17.6. The maximum Gasteiger partial charge on any atom is 0.230 e. The van der Waals surface area contributed by atoms with Crippen LogP contribution in [-0.4, -0.2) is 45.7 Å². The lowest BCUT2D eigenvalue weighted by atomic mass is 10.1. The van der Waals surface area contributed by atoms with Gasteiger partial charge in [-0.05, 0) is 17.5 Å². The van der Waals surface area contributed by atoms with Crippen LogP contribution in [0.1, 0.15) is 12.0 Å². The van der Waals surface area contributed by atoms with Crippen LogP contribution in [0.3, 0.4) is 0 Å². The number of thioether (sulfide) groups is 1. The van der Waals surface area contributed by atoms with Crippen molar-refractivity contribution in [3.8, 4) is 11.1 Å². The summed E-state index contributed by atoms with van der Waals surface area (Å²) in [5.74, 6) is 0.413. The van der Waals surface area contributed by atoms with Crippen LogP contribution in [-0.2, 0) is 11.3 Å². The molecule has 162 valence electrons. The van der Waals surface area contributed by atoms with Gasteiger partial charge in [-0.15, -0.1) is 11.3 Å². The normalized spacial score (nSPS) is 16.4. The molecule has 1 amide bonds. The van der Waals surface area contributed by atoms with Gasteiger partial charge in [0.15, 0.2) is 0 Å². The summed E-state index contributed by atoms with van der Waals surface area (Å²) in [6, 6.07) is 21.0. The number of carbonyl (C=O) groups excluding carboxylic acids is 1. The lowest BCUT2D eigenvalue weighted by Crippen LogP contribution is -2.38. The minimum Gasteiger partial charge on any atom is -0.351 e. The van der Waals surface area contributed by atoms with Crippen molar-refractivity contribution >= 4 is 39.2 Å². The average molecular weight is 461 g/mol. The van der Waals surface area contributed by atoms with E-state index in [0.29, 0.717) is 5.75 Å². The zero-order chi connectivity index (χ0) is 21.8. The predicted octanol–water partition coefficient (Wildman–Crippen LogP) is 4.84. The number of fused-ring (bicyclic) bond motifs is 1. The van der Waals surface area contributed by atoms with E-state index in [9.17, 15) is 4.79 Å². The quantitative estimate of drug-likeness (QED) is 0.316. The first-order valence-electron chi connectivity index (χ1n) is 10.7. The fraction of sp³-hybridized carbons (Fsp3) is 0.240. The number of nitrogens with one attached hydrogen (secondary N) is 1. The van der Waals surface area contributed by atoms with Gasteiger partial charge in [0.2, 0.25) is 5.91 Å². The molecule has 0 bridgehead atoms. The summed E-state index contributed by atoms with van der Waals surface area (Å²) in [5.41, 5.74) is 3.58. The second-order valence-corrected chi connectivity index (χ2v) is 9.76. The van der Waals surface area contributed by atoms with Crippen LogP contribution in [0.5, 0.6) is 0 Å². The van der Waals surface area contributed by atoms with E-state index in [4.69, 9.17) is 0 Å². The van der Waals surface area contributed by atoms with Gasteiger partial charge in [0.05, 0.1) is 11.1 Å². The van der Waals surface area contributed by atoms with Gasteiger partial charge < -0.3 is 5.32 Å². The van der Waals surface area contributed by atoms with Crippen molar-refractivity contribution in [2.75, 3.05) is 18.8 Å². The first kappa shape index (κ1) is 21.1. The predicted molar refractivity (Wildman–Crippen MR) is 132 cm³/mol. The van der Waals surface area contributed by atoms with Crippen LogP contribution >= 0.6 is 23.1 Å². The standard InChI is InChI=1S/C25H24N4OS2/c30-22(28-20-11-12-29(14-20)13-18-7-3-1-4-8-18)16-32-25-23-21(19-9-5-2-6-10-19)15-31-24(23)26-17-27-25/h1-10,15,17,20H,11-14,16H2,(H,28,30)/t20-/m1/s1. The Bertz CT molecular complexity index is 1200. The van der Waals surface area contributed by atoms with Crippen LogP contribution in [0.4, 0.5) is 0 Å². The van der Waals surface area contributed by atoms with Gasteiger partial charge in [-0.25, -0.2) is 9.97 Å². The van der Waals surface area contributed by atoms with Crippen molar-refractivity contribution in [3.63, 3.8) is 0 Å². The summed E-state index contributed by atoms with van der Waals surface area (Å²) < 4.78 is 0. The molecular weight excluding hydrogens is 436 g/mol. The Labute approximate surface area is 195 Å². The Hall–Kier alpha value is -2.74. The molecule has 1 aliphatic rings. The van der Waals surface area contributed by atoms with Crippen LogP contribution in [0.25, 0.3) is 21.3 Å². The lowest BCUT2D eigenvalue weighted by molar-refractivity contribution is -0.119. The van der Waals surface area contributed by atoms with Gasteiger partial charge in [0.25, 0.3) is 0 Å². The number of carbonyl (C=O) groups is 1. The van der Waals surface area contributed by atoms with Crippen molar-refractivity contribution in [2.24, 2.45) is 0 Å². The molecule has 0 radical (unpaired) electrons. The highest BCUT2D eigenvalue weighted by Gasteiger charge is 2.24. The molecule has 32 heavy (non-hydrogen) atoms. The van der Waals surface area contributed by atoms with Crippen LogP contribution in [0.2, 0.25) is 0 Å². The Morgan fingerprint density at radius 2 is 1.88 bits per heavy atom. The molecule has 5 rings (SSSR count). The van der Waals surface area contributed by atoms with Gasteiger partial charge in [-0.3, -0.25) is 9.69 Å². The van der Waals surface area contributed by atoms with Gasteiger partial charge in [0, 0.05) is 36.6 Å². The van der Waals surface area contributed by atoms with E-state index >= 15 is 0 Å². The van der Waals surface area contributed by atoms with Gasteiger partial charge >= 0.3 is 0 Å². The first-order valence-corrected chi connectivity index (χ1v) is 12.6. The summed E-state index contributed by atoms with van der Waals surface area (Å²) in [5, 5.41) is 7.24. The molecule has 1 saturated heterocycles. The molecule has 1 aliphatic heterocycles. The Morgan fingerprint density at radius 1 is 1.09 bits per heavy atom. The van der Waals surface area contributed by atoms with Crippen molar-refractivity contribution in [2.45, 2.75) is 24.0 Å². The second kappa shape index (κ2) is 9.81. The van der Waals surface area contributed by atoms with Crippen molar-refractivity contribution < 1.29 is 4.79 Å². The summed E-state index contributed by atoms with van der Waals surface area (Å²) in [7, 11) is 0. The third-order valence-corrected chi connectivity index (χ3v) is 7.52. The van der Waals surface area contributed by atoms with Crippen LogP contribution in [0.15, 0.2) is 77.4 Å². The van der Waals surface area contributed by atoms with Crippen molar-refractivity contribution in [1.29, 1.82) is 0 Å². The second-order valence-electron chi connectivity index (χ2n) is 7.94. The number of thiophene rings is 1. The maximum absolute atomic E-state index is 12.7. The molecule has 0 unspecified atom stereocenters. The molecule has 3 heterocycles. The van der Waals surface area contributed by atoms with Crippen LogP contribution in [0, 0.1) is 0 Å². The van der Waals surface area contributed by atoms with E-state index in [1.807, 2.05) is 24.3 Å². The number of amides is 1. The first-order chi connectivity index (χ1) is 15.8. The summed E-state index contributed by atoms with van der Waals surface area (Å²) in [6.45, 7) is 2.84. The Balaban J connectivity index is 1.20. The Kier molecular flexibility index (Phi) is 6.48.